The molecule has 1 fully saturated rings. The number of aromatic nitrogens is 3. The second-order valence-electron chi connectivity index (χ2n) is 9.95. The molecule has 38 heavy (non-hydrogen) atoms. The summed E-state index contributed by atoms with van der Waals surface area (Å²) in [7, 11) is 0. The van der Waals surface area contributed by atoms with Crippen molar-refractivity contribution in [2.24, 2.45) is 0 Å². The summed E-state index contributed by atoms with van der Waals surface area (Å²) in [4.78, 5) is 25.7. The largest absolute Gasteiger partial charge is 0.366 e. The van der Waals surface area contributed by atoms with E-state index in [4.69, 9.17) is 0 Å². The van der Waals surface area contributed by atoms with Gasteiger partial charge in [0.25, 0.3) is 5.92 Å². The predicted octanol–water partition coefficient (Wildman–Crippen LogP) is 5.74. The van der Waals surface area contributed by atoms with E-state index in [1.165, 1.54) is 18.3 Å². The molecule has 0 unspecified atom stereocenters. The van der Waals surface area contributed by atoms with Crippen molar-refractivity contribution in [3.8, 4) is 0 Å². The number of aryl methyl sites for hydroxylation is 3. The topological polar surface area (TPSA) is 53.7 Å². The molecule has 0 N–H and O–H groups in total. The molecule has 5 rings (SSSR count). The van der Waals surface area contributed by atoms with E-state index < -0.39 is 5.92 Å². The molecule has 0 amide bonds. The Labute approximate surface area is 219 Å². The summed E-state index contributed by atoms with van der Waals surface area (Å²) < 4.78 is 43.8. The van der Waals surface area contributed by atoms with E-state index in [9.17, 15) is 13.6 Å². The van der Waals surface area contributed by atoms with Crippen LogP contribution in [0.4, 0.5) is 24.7 Å². The summed E-state index contributed by atoms with van der Waals surface area (Å²) >= 11 is 0. The van der Waals surface area contributed by atoms with Crippen LogP contribution in [0.1, 0.15) is 46.2 Å². The number of pyridine rings is 2. The Balaban J connectivity index is 1.20. The summed E-state index contributed by atoms with van der Waals surface area (Å²) in [5.74, 6) is -2.64. The van der Waals surface area contributed by atoms with Gasteiger partial charge in [0.1, 0.15) is 23.0 Å². The van der Waals surface area contributed by atoms with Gasteiger partial charge in [-0.2, -0.15) is 0 Å². The average molecular weight is 522 g/mol. The highest BCUT2D eigenvalue weighted by Gasteiger charge is 2.26. The lowest BCUT2D eigenvalue weighted by molar-refractivity contribution is 0.0171. The maximum absolute atomic E-state index is 15.1. The number of hydrogen-bond acceptors (Lipinski definition) is 5. The fraction of sp³-hybridized carbons (Fsp3) is 0.345. The van der Waals surface area contributed by atoms with E-state index in [2.05, 4.69) is 9.97 Å². The first-order valence-corrected chi connectivity index (χ1v) is 12.7. The number of halogens is 3. The number of rotatable bonds is 7. The number of carbonyl (C=O) groups excluding carboxylic acids is 1. The minimum absolute atomic E-state index is 0.0243. The molecule has 9 heteroatoms. The van der Waals surface area contributed by atoms with Crippen LogP contribution in [0.25, 0.3) is 5.65 Å². The number of nitrogens with zero attached hydrogens (tertiary/aromatic N) is 5. The second-order valence-corrected chi connectivity index (χ2v) is 9.95. The standard InChI is InChI=1S/C29H30F3N5O/c1-19-10-11-37-27(16-19)34-20(2)28(37)25(38)8-5-21-4-7-24(23(30)17-21)35-12-14-36(15-13-35)26-9-6-22(18-33-26)29(3,31)32/h4,6-7,9-11,16-18H,5,8,12-15H2,1-3H3. The molecule has 1 aliphatic rings. The SMILES string of the molecule is Cc1ccn2c(C(=O)CCc3ccc(N4CCN(c5ccc(C(C)(F)F)cn5)CC4)c(F)c3)c(C)nc2c1. The summed E-state index contributed by atoms with van der Waals surface area (Å²) in [6, 6.07) is 12.0. The van der Waals surface area contributed by atoms with Crippen molar-refractivity contribution < 1.29 is 18.0 Å². The molecule has 6 nitrogen and oxygen atoms in total. The van der Waals surface area contributed by atoms with E-state index in [1.807, 2.05) is 52.4 Å². The van der Waals surface area contributed by atoms with Crippen LogP contribution in [0.3, 0.4) is 0 Å². The van der Waals surface area contributed by atoms with Gasteiger partial charge in [-0.25, -0.2) is 23.1 Å². The number of carbonyl (C=O) groups is 1. The zero-order chi connectivity index (χ0) is 27.0. The number of imidazole rings is 1. The van der Waals surface area contributed by atoms with Crippen LogP contribution < -0.4 is 9.80 Å². The highest BCUT2D eigenvalue weighted by molar-refractivity contribution is 5.96. The van der Waals surface area contributed by atoms with E-state index >= 15 is 4.39 Å². The normalized spacial score (nSPS) is 14.4. The third-order valence-electron chi connectivity index (χ3n) is 7.07. The first-order valence-electron chi connectivity index (χ1n) is 12.7. The van der Waals surface area contributed by atoms with Crippen LogP contribution in [0.2, 0.25) is 0 Å². The first-order chi connectivity index (χ1) is 18.1. The number of ketones is 1. The molecule has 4 aromatic rings. The van der Waals surface area contributed by atoms with Gasteiger partial charge >= 0.3 is 0 Å². The fourth-order valence-electron chi connectivity index (χ4n) is 4.95. The Morgan fingerprint density at radius 2 is 1.74 bits per heavy atom. The summed E-state index contributed by atoms with van der Waals surface area (Å²) in [6.45, 7) is 7.02. The Morgan fingerprint density at radius 3 is 2.39 bits per heavy atom. The van der Waals surface area contributed by atoms with Crippen LogP contribution >= 0.6 is 0 Å². The lowest BCUT2D eigenvalue weighted by Gasteiger charge is -2.37. The highest BCUT2D eigenvalue weighted by Crippen LogP contribution is 2.28. The lowest BCUT2D eigenvalue weighted by Crippen LogP contribution is -2.47. The molecular weight excluding hydrogens is 491 g/mol. The second kappa shape index (κ2) is 10.1. The Kier molecular flexibility index (Phi) is 6.86. The molecule has 0 bridgehead atoms. The van der Waals surface area contributed by atoms with E-state index in [1.54, 1.807) is 12.1 Å². The number of benzene rings is 1. The third kappa shape index (κ3) is 5.23. The van der Waals surface area contributed by atoms with Crippen molar-refractivity contribution in [3.05, 3.63) is 88.8 Å². The van der Waals surface area contributed by atoms with Crippen molar-refractivity contribution in [2.75, 3.05) is 36.0 Å². The van der Waals surface area contributed by atoms with Gasteiger partial charge < -0.3 is 9.80 Å². The first kappa shape index (κ1) is 25.8. The van der Waals surface area contributed by atoms with Gasteiger partial charge in [0.15, 0.2) is 5.78 Å². The fourth-order valence-corrected chi connectivity index (χ4v) is 4.95. The molecule has 3 aromatic heterocycles. The molecular formula is C29H30F3N5O. The molecule has 0 atom stereocenters. The maximum atomic E-state index is 15.1. The third-order valence-corrected chi connectivity index (χ3v) is 7.07. The molecule has 4 heterocycles. The average Bonchev–Trinajstić information content (AvgIpc) is 3.22. The number of Topliss-reactive ketones (excluding diaryl/α,β-unsaturated/α-hetero) is 1. The summed E-state index contributed by atoms with van der Waals surface area (Å²) in [5, 5.41) is 0. The van der Waals surface area contributed by atoms with Gasteiger partial charge in [-0.15, -0.1) is 0 Å². The van der Waals surface area contributed by atoms with Crippen molar-refractivity contribution in [2.45, 2.75) is 39.5 Å². The molecule has 0 saturated carbocycles. The minimum Gasteiger partial charge on any atom is -0.366 e. The smallest absolute Gasteiger partial charge is 0.272 e. The van der Waals surface area contributed by atoms with Crippen molar-refractivity contribution in [1.82, 2.24) is 14.4 Å². The summed E-state index contributed by atoms with van der Waals surface area (Å²) in [5.41, 5.74) is 4.25. The molecule has 198 valence electrons. The number of fused-ring (bicyclic) bond motifs is 1. The van der Waals surface area contributed by atoms with Gasteiger partial charge in [-0.1, -0.05) is 6.07 Å². The number of hydrogen-bond donors (Lipinski definition) is 0. The molecule has 1 aromatic carbocycles. The molecule has 0 spiro atoms. The maximum Gasteiger partial charge on any atom is 0.272 e. The number of piperazine rings is 1. The van der Waals surface area contributed by atoms with Gasteiger partial charge in [0.05, 0.1) is 11.4 Å². The van der Waals surface area contributed by atoms with Crippen molar-refractivity contribution in [1.29, 1.82) is 0 Å². The van der Waals surface area contributed by atoms with E-state index in [0.29, 0.717) is 55.5 Å². The minimum atomic E-state index is -2.92. The number of anilines is 2. The van der Waals surface area contributed by atoms with Crippen molar-refractivity contribution >= 4 is 22.9 Å². The lowest BCUT2D eigenvalue weighted by atomic mass is 10.0. The van der Waals surface area contributed by atoms with Crippen LogP contribution in [0, 0.1) is 19.7 Å². The quantitative estimate of drug-likeness (QED) is 0.291. The highest BCUT2D eigenvalue weighted by atomic mass is 19.3. The Hall–Kier alpha value is -3.88. The predicted molar refractivity (Wildman–Crippen MR) is 142 cm³/mol. The van der Waals surface area contributed by atoms with Crippen molar-refractivity contribution in [3.63, 3.8) is 0 Å². The van der Waals surface area contributed by atoms with Gasteiger partial charge in [-0.05, 0) is 67.8 Å². The molecule has 0 radical (unpaired) electrons. The van der Waals surface area contributed by atoms with E-state index in [0.717, 1.165) is 23.7 Å². The van der Waals surface area contributed by atoms with Crippen LogP contribution in [0.15, 0.2) is 54.9 Å². The van der Waals surface area contributed by atoms with Crippen LogP contribution in [-0.2, 0) is 12.3 Å². The zero-order valence-corrected chi connectivity index (χ0v) is 21.7. The molecule has 1 saturated heterocycles. The van der Waals surface area contributed by atoms with Crippen LogP contribution in [-0.4, -0.2) is 46.3 Å². The van der Waals surface area contributed by atoms with Gasteiger partial charge in [0, 0.05) is 57.5 Å². The Morgan fingerprint density at radius 1 is 1.00 bits per heavy atom. The molecule has 1 aliphatic heterocycles. The van der Waals surface area contributed by atoms with Crippen LogP contribution in [0.5, 0.6) is 0 Å². The van der Waals surface area contributed by atoms with Gasteiger partial charge in [0.2, 0.25) is 0 Å². The monoisotopic (exact) mass is 521 g/mol. The number of alkyl halides is 2. The van der Waals surface area contributed by atoms with E-state index in [-0.39, 0.29) is 23.6 Å². The zero-order valence-electron chi connectivity index (χ0n) is 21.7. The summed E-state index contributed by atoms with van der Waals surface area (Å²) in [6.07, 6.45) is 3.76. The van der Waals surface area contributed by atoms with Gasteiger partial charge in [-0.3, -0.25) is 9.20 Å². The molecule has 0 aliphatic carbocycles. The Bertz CT molecular complexity index is 1470.